The summed E-state index contributed by atoms with van der Waals surface area (Å²) in [5, 5.41) is 9.77. The van der Waals surface area contributed by atoms with Crippen molar-refractivity contribution in [2.24, 2.45) is 0 Å². The molecule has 1 aliphatic rings. The number of rotatable bonds is 4. The predicted molar refractivity (Wildman–Crippen MR) is 101 cm³/mol. The van der Waals surface area contributed by atoms with Gasteiger partial charge in [-0.15, -0.1) is 0 Å². The van der Waals surface area contributed by atoms with Crippen LogP contribution in [0.2, 0.25) is 6.82 Å². The smallest absolute Gasteiger partial charge is 0.376 e. The van der Waals surface area contributed by atoms with Gasteiger partial charge in [-0.3, -0.25) is 9.78 Å². The Bertz CT molecular complexity index is 765. The molecule has 0 unspecified atom stereocenters. The normalized spacial score (nSPS) is 15.7. The highest BCUT2D eigenvalue weighted by atomic mass is 19.1. The largest absolute Gasteiger partial charge is 0.437 e. The van der Waals surface area contributed by atoms with Crippen LogP contribution in [0.4, 0.5) is 10.1 Å². The molecule has 1 saturated heterocycles. The van der Waals surface area contributed by atoms with Gasteiger partial charge in [0.25, 0.3) is 5.91 Å². The second kappa shape index (κ2) is 7.97. The number of amides is 1. The van der Waals surface area contributed by atoms with Crippen LogP contribution in [0.3, 0.4) is 0 Å². The molecule has 2 aromatic rings. The van der Waals surface area contributed by atoms with Crippen LogP contribution in [0.15, 0.2) is 42.6 Å². The highest BCUT2D eigenvalue weighted by Gasteiger charge is 2.32. The third-order valence-electron chi connectivity index (χ3n) is 4.91. The maximum atomic E-state index is 13.6. The van der Waals surface area contributed by atoms with Gasteiger partial charge in [-0.25, -0.2) is 4.39 Å². The minimum absolute atomic E-state index is 0.0244. The van der Waals surface area contributed by atoms with E-state index in [0.29, 0.717) is 30.0 Å². The number of carbonyl (C=O) groups excluding carboxylic acids is 1. The van der Waals surface area contributed by atoms with Crippen LogP contribution in [0.1, 0.15) is 28.9 Å². The topological polar surface area (TPSA) is 56.7 Å². The van der Waals surface area contributed by atoms with Gasteiger partial charge in [0.05, 0.1) is 0 Å². The van der Waals surface area contributed by atoms with Crippen LogP contribution in [-0.2, 0) is 0 Å². The van der Waals surface area contributed by atoms with Gasteiger partial charge in [0, 0.05) is 17.9 Å². The standard InChI is InChI=1S/C19H23BFN3O2/c1-14-13-15(21)6-7-18(14)24(19(25)17-5-3-4-10-22-17)16-8-11-23(12-9-16)20(2)26/h3-7,10,13,16,26H,8-9,11-12H2,1-2H3. The van der Waals surface area contributed by atoms with Gasteiger partial charge < -0.3 is 14.7 Å². The van der Waals surface area contributed by atoms with Crippen LogP contribution in [0, 0.1) is 12.7 Å². The first-order valence-corrected chi connectivity index (χ1v) is 8.90. The number of carbonyl (C=O) groups is 1. The Hall–Kier alpha value is -2.25. The summed E-state index contributed by atoms with van der Waals surface area (Å²) in [5.41, 5.74) is 1.79. The monoisotopic (exact) mass is 355 g/mol. The Kier molecular flexibility index (Phi) is 5.69. The molecule has 3 rings (SSSR count). The molecule has 0 radical (unpaired) electrons. The van der Waals surface area contributed by atoms with E-state index in [9.17, 15) is 14.2 Å². The maximum absolute atomic E-state index is 13.6. The molecule has 1 amide bonds. The zero-order valence-corrected chi connectivity index (χ0v) is 15.1. The van der Waals surface area contributed by atoms with Crippen molar-refractivity contribution in [1.82, 2.24) is 9.79 Å². The molecule has 26 heavy (non-hydrogen) atoms. The second-order valence-electron chi connectivity index (χ2n) is 6.72. The number of benzene rings is 1. The van der Waals surface area contributed by atoms with E-state index in [0.717, 1.165) is 12.8 Å². The summed E-state index contributed by atoms with van der Waals surface area (Å²) in [6.45, 7) is 4.96. The molecule has 1 aliphatic heterocycles. The van der Waals surface area contributed by atoms with E-state index in [-0.39, 0.29) is 17.8 Å². The number of halogens is 1. The van der Waals surface area contributed by atoms with Crippen molar-refractivity contribution in [2.75, 3.05) is 18.0 Å². The Balaban J connectivity index is 1.93. The van der Waals surface area contributed by atoms with Gasteiger partial charge >= 0.3 is 7.05 Å². The van der Waals surface area contributed by atoms with Gasteiger partial charge in [-0.05, 0) is 75.6 Å². The van der Waals surface area contributed by atoms with Crippen molar-refractivity contribution in [1.29, 1.82) is 0 Å². The Labute approximate surface area is 153 Å². The molecular formula is C19H23BFN3O2. The zero-order chi connectivity index (χ0) is 18.7. The summed E-state index contributed by atoms with van der Waals surface area (Å²) in [6.07, 6.45) is 3.07. The van der Waals surface area contributed by atoms with Gasteiger partial charge in [-0.1, -0.05) is 6.07 Å². The van der Waals surface area contributed by atoms with Crippen molar-refractivity contribution in [3.05, 3.63) is 59.7 Å². The molecule has 1 aromatic carbocycles. The fourth-order valence-electron chi connectivity index (χ4n) is 3.49. The summed E-state index contributed by atoms with van der Waals surface area (Å²) < 4.78 is 13.6. The van der Waals surface area contributed by atoms with Gasteiger partial charge in [0.15, 0.2) is 0 Å². The van der Waals surface area contributed by atoms with Crippen LogP contribution in [-0.4, -0.2) is 46.9 Å². The summed E-state index contributed by atoms with van der Waals surface area (Å²) in [5.74, 6) is -0.504. The molecule has 1 aromatic heterocycles. The number of hydrogen-bond acceptors (Lipinski definition) is 4. The van der Waals surface area contributed by atoms with Crippen molar-refractivity contribution in [3.63, 3.8) is 0 Å². The lowest BCUT2D eigenvalue weighted by Gasteiger charge is -2.39. The number of aryl methyl sites for hydroxylation is 1. The molecule has 0 atom stereocenters. The summed E-state index contributed by atoms with van der Waals surface area (Å²) in [7, 11) is -0.497. The van der Waals surface area contributed by atoms with Crippen LogP contribution < -0.4 is 4.90 Å². The Morgan fingerprint density at radius 3 is 2.62 bits per heavy atom. The molecular weight excluding hydrogens is 332 g/mol. The summed E-state index contributed by atoms with van der Waals surface area (Å²) >= 11 is 0. The predicted octanol–water partition coefficient (Wildman–Crippen LogP) is 2.75. The van der Waals surface area contributed by atoms with Crippen molar-refractivity contribution in [2.45, 2.75) is 32.6 Å². The Morgan fingerprint density at radius 2 is 2.04 bits per heavy atom. The number of piperidine rings is 1. The molecule has 0 spiro atoms. The number of aromatic nitrogens is 1. The van der Waals surface area contributed by atoms with Crippen LogP contribution >= 0.6 is 0 Å². The van der Waals surface area contributed by atoms with Crippen LogP contribution in [0.25, 0.3) is 0 Å². The van der Waals surface area contributed by atoms with E-state index in [1.54, 1.807) is 42.2 Å². The first kappa shape index (κ1) is 18.5. The van der Waals surface area contributed by atoms with Gasteiger partial charge in [0.1, 0.15) is 11.5 Å². The third kappa shape index (κ3) is 3.94. The van der Waals surface area contributed by atoms with Gasteiger partial charge in [-0.2, -0.15) is 0 Å². The van der Waals surface area contributed by atoms with Crippen molar-refractivity contribution >= 4 is 18.6 Å². The number of nitrogens with zero attached hydrogens (tertiary/aromatic N) is 3. The van der Waals surface area contributed by atoms with Crippen LogP contribution in [0.5, 0.6) is 0 Å². The fraction of sp³-hybridized carbons (Fsp3) is 0.368. The van der Waals surface area contributed by atoms with Crippen molar-refractivity contribution < 1.29 is 14.2 Å². The van der Waals surface area contributed by atoms with E-state index >= 15 is 0 Å². The molecule has 1 fully saturated rings. The van der Waals surface area contributed by atoms with E-state index in [1.807, 2.05) is 11.7 Å². The summed E-state index contributed by atoms with van der Waals surface area (Å²) in [4.78, 5) is 21.1. The highest BCUT2D eigenvalue weighted by molar-refractivity contribution is 6.45. The number of anilines is 1. The first-order valence-electron chi connectivity index (χ1n) is 8.90. The average molecular weight is 355 g/mol. The van der Waals surface area contributed by atoms with Crippen molar-refractivity contribution in [3.8, 4) is 0 Å². The number of pyridine rings is 1. The van der Waals surface area contributed by atoms with E-state index in [4.69, 9.17) is 0 Å². The lowest BCUT2D eigenvalue weighted by atomic mass is 9.82. The Morgan fingerprint density at radius 1 is 1.31 bits per heavy atom. The molecule has 5 nitrogen and oxygen atoms in total. The molecule has 0 saturated carbocycles. The first-order chi connectivity index (χ1) is 12.5. The molecule has 136 valence electrons. The van der Waals surface area contributed by atoms with Gasteiger partial charge in [0.2, 0.25) is 0 Å². The molecule has 7 heteroatoms. The fourth-order valence-corrected chi connectivity index (χ4v) is 3.49. The quantitative estimate of drug-likeness (QED) is 0.857. The minimum Gasteiger partial charge on any atom is -0.437 e. The molecule has 0 aliphatic carbocycles. The lowest BCUT2D eigenvalue weighted by Crippen LogP contribution is -2.51. The maximum Gasteiger partial charge on any atom is 0.376 e. The van der Waals surface area contributed by atoms with E-state index < -0.39 is 7.05 Å². The molecule has 1 N–H and O–H groups in total. The minimum atomic E-state index is -0.497. The summed E-state index contributed by atoms with van der Waals surface area (Å²) in [6, 6.07) is 9.71. The van der Waals surface area contributed by atoms with E-state index in [1.165, 1.54) is 12.1 Å². The zero-order valence-electron chi connectivity index (χ0n) is 15.1. The second-order valence-corrected chi connectivity index (χ2v) is 6.72. The highest BCUT2D eigenvalue weighted by Crippen LogP contribution is 2.29. The third-order valence-corrected chi connectivity index (χ3v) is 4.91. The SMILES string of the molecule is CB(O)N1CCC(N(C(=O)c2ccccn2)c2ccc(F)cc2C)CC1. The number of hydrogen-bond donors (Lipinski definition) is 1. The lowest BCUT2D eigenvalue weighted by molar-refractivity contribution is 0.0962. The van der Waals surface area contributed by atoms with E-state index in [2.05, 4.69) is 4.98 Å². The average Bonchev–Trinajstić information content (AvgIpc) is 2.64. The molecule has 2 heterocycles. The molecule has 0 bridgehead atoms.